The van der Waals surface area contributed by atoms with Crippen LogP contribution in [0.1, 0.15) is 74.3 Å². The molecule has 0 radical (unpaired) electrons. The number of hydrogen-bond donors (Lipinski definition) is 2. The van der Waals surface area contributed by atoms with E-state index in [0.29, 0.717) is 52.9 Å². The Kier molecular flexibility index (Phi) is 8.68. The van der Waals surface area contributed by atoms with E-state index in [1.807, 2.05) is 25.1 Å². The van der Waals surface area contributed by atoms with Crippen LogP contribution in [0.2, 0.25) is 0 Å². The van der Waals surface area contributed by atoms with Crippen LogP contribution in [0.15, 0.2) is 54.6 Å². The zero-order valence-corrected chi connectivity index (χ0v) is 25.6. The Morgan fingerprint density at radius 3 is 2.18 bits per heavy atom. The van der Waals surface area contributed by atoms with Gasteiger partial charge in [-0.1, -0.05) is 43.5 Å². The maximum Gasteiger partial charge on any atom is 0.338 e. The molecule has 9 nitrogen and oxygen atoms in total. The fourth-order valence-electron chi connectivity index (χ4n) is 6.69. The summed E-state index contributed by atoms with van der Waals surface area (Å²) in [6.45, 7) is 4.41. The fraction of sp³-hybridized carbons (Fsp3) is 0.400. The highest BCUT2D eigenvalue weighted by Crippen LogP contribution is 2.42. The van der Waals surface area contributed by atoms with E-state index in [1.165, 1.54) is 32.1 Å². The largest absolute Gasteiger partial charge is 0.461 e. The van der Waals surface area contributed by atoms with Gasteiger partial charge in [-0.05, 0) is 57.3 Å². The Bertz CT molecular complexity index is 1550. The van der Waals surface area contributed by atoms with Crippen LogP contribution in [0.25, 0.3) is 0 Å². The molecule has 3 aromatic carbocycles. The van der Waals surface area contributed by atoms with Gasteiger partial charge in [0, 0.05) is 55.6 Å². The first kappa shape index (κ1) is 29.8. The van der Waals surface area contributed by atoms with Crippen molar-refractivity contribution in [2.45, 2.75) is 38.1 Å². The Balaban J connectivity index is 1.30. The number of piperazine rings is 1. The highest BCUT2D eigenvalue weighted by Gasteiger charge is 2.36. The van der Waals surface area contributed by atoms with E-state index < -0.39 is 5.97 Å². The molecule has 3 aromatic rings. The van der Waals surface area contributed by atoms with Crippen molar-refractivity contribution in [3.05, 3.63) is 82.4 Å². The number of nitrogens with two attached hydrogens (primary N) is 1. The van der Waals surface area contributed by atoms with Crippen molar-refractivity contribution < 1.29 is 19.1 Å². The van der Waals surface area contributed by atoms with Crippen LogP contribution in [0.4, 0.5) is 22.7 Å². The Morgan fingerprint density at radius 1 is 0.909 bits per heavy atom. The molecule has 2 fully saturated rings. The van der Waals surface area contributed by atoms with Gasteiger partial charge < -0.3 is 25.6 Å². The van der Waals surface area contributed by atoms with Crippen molar-refractivity contribution in [1.82, 2.24) is 9.80 Å². The molecule has 0 bridgehead atoms. The topological polar surface area (TPSA) is 108 Å². The number of ketones is 2. The predicted molar refractivity (Wildman–Crippen MR) is 173 cm³/mol. The smallest absolute Gasteiger partial charge is 0.338 e. The molecule has 1 aliphatic heterocycles. The van der Waals surface area contributed by atoms with Gasteiger partial charge in [0.05, 0.1) is 33.8 Å². The Hall–Kier alpha value is -4.21. The number of nitrogens with one attached hydrogen (secondary N) is 1. The number of likely N-dealkylation sites (N-methyl/N-ethyl adjacent to an activating group) is 1. The molecule has 0 atom stereocenters. The summed E-state index contributed by atoms with van der Waals surface area (Å²) in [5, 5.41) is 3.38. The van der Waals surface area contributed by atoms with E-state index >= 15 is 0 Å². The van der Waals surface area contributed by atoms with Gasteiger partial charge in [-0.15, -0.1) is 0 Å². The number of fused-ring (bicyclic) bond motifs is 2. The molecule has 2 aliphatic carbocycles. The second-order valence-corrected chi connectivity index (χ2v) is 12.3. The average Bonchev–Trinajstić information content (AvgIpc) is 3.05. The molecule has 1 saturated carbocycles. The molecule has 1 heterocycles. The summed E-state index contributed by atoms with van der Waals surface area (Å²) in [4.78, 5) is 47.0. The molecular weight excluding hydrogens is 554 g/mol. The summed E-state index contributed by atoms with van der Waals surface area (Å²) in [5.41, 5.74) is 10.8. The van der Waals surface area contributed by atoms with Crippen LogP contribution in [0.3, 0.4) is 0 Å². The molecule has 1 saturated heterocycles. The Morgan fingerprint density at radius 2 is 1.55 bits per heavy atom. The predicted octanol–water partition coefficient (Wildman–Crippen LogP) is 4.96. The van der Waals surface area contributed by atoms with E-state index in [1.54, 1.807) is 48.5 Å². The first-order valence-corrected chi connectivity index (χ1v) is 15.6. The van der Waals surface area contributed by atoms with Crippen molar-refractivity contribution in [2.24, 2.45) is 0 Å². The van der Waals surface area contributed by atoms with Crippen molar-refractivity contribution in [3.63, 3.8) is 0 Å². The number of nitrogen functional groups attached to an aromatic ring is 1. The first-order valence-electron chi connectivity index (χ1n) is 15.6. The quantitative estimate of drug-likeness (QED) is 0.216. The second kappa shape index (κ2) is 12.8. The third kappa shape index (κ3) is 5.94. The molecule has 0 amide bonds. The van der Waals surface area contributed by atoms with Crippen molar-refractivity contribution >= 4 is 40.3 Å². The van der Waals surface area contributed by atoms with Gasteiger partial charge in [-0.25, -0.2) is 4.79 Å². The van der Waals surface area contributed by atoms with E-state index in [9.17, 15) is 14.4 Å². The van der Waals surface area contributed by atoms with Gasteiger partial charge in [0.2, 0.25) is 0 Å². The third-order valence-electron chi connectivity index (χ3n) is 9.13. The lowest BCUT2D eigenvalue weighted by atomic mass is 9.81. The van der Waals surface area contributed by atoms with E-state index in [-0.39, 0.29) is 22.7 Å². The zero-order valence-electron chi connectivity index (χ0n) is 25.6. The van der Waals surface area contributed by atoms with E-state index in [4.69, 9.17) is 10.5 Å². The number of nitrogens with zero attached hydrogens (tertiary/aromatic N) is 3. The molecular formula is C35H41N5O4. The number of carbonyl (C=O) groups is 3. The van der Waals surface area contributed by atoms with Crippen LogP contribution >= 0.6 is 0 Å². The number of anilines is 4. The minimum Gasteiger partial charge on any atom is -0.461 e. The van der Waals surface area contributed by atoms with Gasteiger partial charge in [0.25, 0.3) is 0 Å². The summed E-state index contributed by atoms with van der Waals surface area (Å²) < 4.78 is 5.37. The monoisotopic (exact) mass is 595 g/mol. The van der Waals surface area contributed by atoms with Crippen LogP contribution in [0, 0.1) is 0 Å². The maximum absolute atomic E-state index is 13.9. The van der Waals surface area contributed by atoms with Crippen LogP contribution < -0.4 is 16.0 Å². The number of benzene rings is 3. The molecule has 0 aromatic heterocycles. The number of ether oxygens (including phenoxy) is 1. The molecule has 44 heavy (non-hydrogen) atoms. The molecule has 0 unspecified atom stereocenters. The Labute approximate surface area is 258 Å². The average molecular weight is 596 g/mol. The number of carbonyl (C=O) groups excluding carboxylic acids is 3. The zero-order chi connectivity index (χ0) is 30.8. The van der Waals surface area contributed by atoms with Gasteiger partial charge in [0.15, 0.2) is 11.6 Å². The lowest BCUT2D eigenvalue weighted by Gasteiger charge is -2.42. The molecule has 3 aliphatic rings. The minimum atomic E-state index is -0.393. The SMILES string of the molecule is CN(C)CCOC(=O)c1ccc(Nc2cc(N3CCN(C4CCCCC4)CC3)c(N)c3c2C(=O)c2ccccc2C3=O)cc1. The van der Waals surface area contributed by atoms with Crippen LogP contribution in [-0.4, -0.2) is 86.8 Å². The highest BCUT2D eigenvalue weighted by atomic mass is 16.5. The van der Waals surface area contributed by atoms with Crippen molar-refractivity contribution in [3.8, 4) is 0 Å². The third-order valence-corrected chi connectivity index (χ3v) is 9.13. The van der Waals surface area contributed by atoms with Gasteiger partial charge in [-0.3, -0.25) is 14.5 Å². The van der Waals surface area contributed by atoms with Crippen molar-refractivity contribution in [1.29, 1.82) is 0 Å². The lowest BCUT2D eigenvalue weighted by Crippen LogP contribution is -2.51. The maximum atomic E-state index is 13.9. The van der Waals surface area contributed by atoms with E-state index in [0.717, 1.165) is 31.9 Å². The van der Waals surface area contributed by atoms with E-state index in [2.05, 4.69) is 15.1 Å². The normalized spacial score (nSPS) is 17.4. The first-order chi connectivity index (χ1) is 21.3. The number of hydrogen-bond acceptors (Lipinski definition) is 9. The number of esters is 1. The van der Waals surface area contributed by atoms with Gasteiger partial charge >= 0.3 is 5.97 Å². The van der Waals surface area contributed by atoms with Gasteiger partial charge in [-0.2, -0.15) is 0 Å². The van der Waals surface area contributed by atoms with Crippen LogP contribution in [0.5, 0.6) is 0 Å². The molecule has 0 spiro atoms. The highest BCUT2D eigenvalue weighted by molar-refractivity contribution is 6.32. The molecule has 9 heteroatoms. The number of rotatable bonds is 8. The summed E-state index contributed by atoms with van der Waals surface area (Å²) in [5.74, 6) is -0.872. The summed E-state index contributed by atoms with van der Waals surface area (Å²) in [6.07, 6.45) is 6.45. The summed E-state index contributed by atoms with van der Waals surface area (Å²) in [7, 11) is 3.84. The molecule has 230 valence electrons. The molecule has 3 N–H and O–H groups in total. The fourth-order valence-corrected chi connectivity index (χ4v) is 6.69. The van der Waals surface area contributed by atoms with Crippen molar-refractivity contribution in [2.75, 3.05) is 69.4 Å². The van der Waals surface area contributed by atoms with Gasteiger partial charge in [0.1, 0.15) is 6.61 Å². The lowest BCUT2D eigenvalue weighted by molar-refractivity contribution is 0.0481. The van der Waals surface area contributed by atoms with Crippen LogP contribution in [-0.2, 0) is 4.74 Å². The minimum absolute atomic E-state index is 0.237. The second-order valence-electron chi connectivity index (χ2n) is 12.3. The molecule has 6 rings (SSSR count). The summed E-state index contributed by atoms with van der Waals surface area (Å²) in [6, 6.07) is 16.4. The summed E-state index contributed by atoms with van der Waals surface area (Å²) >= 11 is 0. The standard InChI is InChI=1S/C35H41N5O4/c1-38(2)20-21-44-35(43)23-12-14-24(15-13-23)37-28-22-29(40-18-16-39(17-19-40)25-8-4-3-5-9-25)32(36)31-30(28)33(41)26-10-6-7-11-27(26)34(31)42/h6-7,10-15,22,25,37H,3-5,8-9,16-21,36H2,1-2H3.